The lowest BCUT2D eigenvalue weighted by molar-refractivity contribution is 0.613. The third-order valence-corrected chi connectivity index (χ3v) is 3.57. The zero-order valence-electron chi connectivity index (χ0n) is 12.9. The summed E-state index contributed by atoms with van der Waals surface area (Å²) in [6.45, 7) is 6.89. The highest BCUT2D eigenvalue weighted by molar-refractivity contribution is 5.87. The van der Waals surface area contributed by atoms with Crippen LogP contribution >= 0.6 is 0 Å². The van der Waals surface area contributed by atoms with Crippen molar-refractivity contribution in [3.63, 3.8) is 0 Å². The van der Waals surface area contributed by atoms with Crippen LogP contribution in [0.5, 0.6) is 0 Å². The molecule has 1 aromatic carbocycles. The summed E-state index contributed by atoms with van der Waals surface area (Å²) in [6.07, 6.45) is 0. The van der Waals surface area contributed by atoms with E-state index in [9.17, 15) is 4.39 Å². The Morgan fingerprint density at radius 3 is 2.68 bits per heavy atom. The predicted octanol–water partition coefficient (Wildman–Crippen LogP) is 3.21. The van der Waals surface area contributed by atoms with Crippen LogP contribution in [0.4, 0.5) is 10.2 Å². The molecule has 0 aliphatic heterocycles. The quantitative estimate of drug-likeness (QED) is 0.803. The smallest absolute Gasteiger partial charge is 0.156 e. The van der Waals surface area contributed by atoms with E-state index in [0.717, 1.165) is 23.3 Å². The van der Waals surface area contributed by atoms with Gasteiger partial charge in [0.15, 0.2) is 5.82 Å². The van der Waals surface area contributed by atoms with E-state index in [1.54, 1.807) is 12.1 Å². The van der Waals surface area contributed by atoms with Crippen molar-refractivity contribution in [2.75, 3.05) is 5.32 Å². The number of halogens is 1. The lowest BCUT2D eigenvalue weighted by Gasteiger charge is -2.10. The molecule has 114 valence electrons. The van der Waals surface area contributed by atoms with Gasteiger partial charge in [0, 0.05) is 18.7 Å². The van der Waals surface area contributed by atoms with Crippen LogP contribution in [0.15, 0.2) is 24.3 Å². The molecule has 0 aliphatic rings. The Morgan fingerprint density at radius 2 is 1.95 bits per heavy atom. The van der Waals surface area contributed by atoms with Gasteiger partial charge in [0.25, 0.3) is 0 Å². The molecule has 0 saturated carbocycles. The van der Waals surface area contributed by atoms with E-state index in [4.69, 9.17) is 0 Å². The second kappa shape index (κ2) is 5.71. The molecule has 1 N–H and O–H groups in total. The molecule has 0 aliphatic carbocycles. The number of hydrogen-bond donors (Lipinski definition) is 1. The summed E-state index contributed by atoms with van der Waals surface area (Å²) in [5, 5.41) is 7.70. The van der Waals surface area contributed by atoms with Crippen molar-refractivity contribution in [3.05, 3.63) is 47.2 Å². The number of aromatic nitrogens is 4. The summed E-state index contributed by atoms with van der Waals surface area (Å²) < 4.78 is 15.6. The van der Waals surface area contributed by atoms with Crippen molar-refractivity contribution >= 4 is 16.9 Å². The van der Waals surface area contributed by atoms with Gasteiger partial charge in [-0.1, -0.05) is 18.2 Å². The lowest BCUT2D eigenvalue weighted by atomic mass is 10.2. The predicted molar refractivity (Wildman–Crippen MR) is 84.2 cm³/mol. The molecule has 3 aromatic rings. The Bertz CT molecular complexity index is 825. The van der Waals surface area contributed by atoms with E-state index in [0.29, 0.717) is 23.8 Å². The molecule has 6 heteroatoms. The number of nitrogens with zero attached hydrogens (tertiary/aromatic N) is 4. The van der Waals surface area contributed by atoms with Crippen LogP contribution in [-0.4, -0.2) is 19.7 Å². The third-order valence-electron chi connectivity index (χ3n) is 3.57. The second-order valence-electron chi connectivity index (χ2n) is 5.16. The normalized spacial score (nSPS) is 11.1. The zero-order valence-corrected chi connectivity index (χ0v) is 12.9. The molecule has 2 aromatic heterocycles. The average molecular weight is 299 g/mol. The number of anilines is 1. The summed E-state index contributed by atoms with van der Waals surface area (Å²) in [5.41, 5.74) is 3.18. The largest absolute Gasteiger partial charge is 0.364 e. The summed E-state index contributed by atoms with van der Waals surface area (Å²) in [6, 6.07) is 6.72. The van der Waals surface area contributed by atoms with Gasteiger partial charge >= 0.3 is 0 Å². The Hall–Kier alpha value is -2.50. The molecule has 2 heterocycles. The molecule has 0 atom stereocenters. The fraction of sp³-hybridized carbons (Fsp3) is 0.312. The molecule has 22 heavy (non-hydrogen) atoms. The van der Waals surface area contributed by atoms with Crippen LogP contribution in [0, 0.1) is 19.7 Å². The van der Waals surface area contributed by atoms with Crippen LogP contribution < -0.4 is 5.32 Å². The fourth-order valence-corrected chi connectivity index (χ4v) is 2.51. The monoisotopic (exact) mass is 299 g/mol. The van der Waals surface area contributed by atoms with Gasteiger partial charge in [-0.25, -0.2) is 14.4 Å². The fourth-order valence-electron chi connectivity index (χ4n) is 2.51. The van der Waals surface area contributed by atoms with E-state index in [-0.39, 0.29) is 5.82 Å². The van der Waals surface area contributed by atoms with Crippen molar-refractivity contribution in [3.8, 4) is 0 Å². The Balaban J connectivity index is 2.01. The second-order valence-corrected chi connectivity index (χ2v) is 5.16. The van der Waals surface area contributed by atoms with Crippen molar-refractivity contribution in [2.24, 2.45) is 0 Å². The van der Waals surface area contributed by atoms with E-state index in [2.05, 4.69) is 20.4 Å². The molecule has 0 fully saturated rings. The number of rotatable bonds is 4. The van der Waals surface area contributed by atoms with Gasteiger partial charge in [0.05, 0.1) is 5.69 Å². The molecule has 0 saturated heterocycles. The molecule has 5 nitrogen and oxygen atoms in total. The number of hydrogen-bond acceptors (Lipinski definition) is 4. The van der Waals surface area contributed by atoms with Crippen molar-refractivity contribution in [1.29, 1.82) is 0 Å². The number of nitrogens with one attached hydrogen (secondary N) is 1. The lowest BCUT2D eigenvalue weighted by Crippen LogP contribution is -2.08. The summed E-state index contributed by atoms with van der Waals surface area (Å²) in [7, 11) is 0. The van der Waals surface area contributed by atoms with E-state index >= 15 is 0 Å². The van der Waals surface area contributed by atoms with Gasteiger partial charge in [-0.05, 0) is 26.8 Å². The first kappa shape index (κ1) is 14.4. The van der Waals surface area contributed by atoms with Crippen LogP contribution in [0.1, 0.15) is 24.0 Å². The van der Waals surface area contributed by atoms with E-state index < -0.39 is 0 Å². The maximum absolute atomic E-state index is 13.7. The summed E-state index contributed by atoms with van der Waals surface area (Å²) in [5.74, 6) is 1.13. The van der Waals surface area contributed by atoms with Crippen LogP contribution in [0.25, 0.3) is 11.0 Å². The van der Waals surface area contributed by atoms with Gasteiger partial charge < -0.3 is 5.32 Å². The zero-order chi connectivity index (χ0) is 15.7. The SMILES string of the molecule is CCn1nc(C)c2nc(C)nc(NCc3ccccc3F)c21. The maximum Gasteiger partial charge on any atom is 0.156 e. The van der Waals surface area contributed by atoms with Crippen LogP contribution in [0.3, 0.4) is 0 Å². The average Bonchev–Trinajstić information content (AvgIpc) is 2.82. The highest BCUT2D eigenvalue weighted by Crippen LogP contribution is 2.23. The molecule has 0 unspecified atom stereocenters. The van der Waals surface area contributed by atoms with E-state index in [1.165, 1.54) is 6.07 Å². The van der Waals surface area contributed by atoms with E-state index in [1.807, 2.05) is 31.5 Å². The van der Waals surface area contributed by atoms with Gasteiger partial charge in [-0.15, -0.1) is 0 Å². The Kier molecular flexibility index (Phi) is 3.75. The highest BCUT2D eigenvalue weighted by atomic mass is 19.1. The molecular formula is C16H18FN5. The van der Waals surface area contributed by atoms with Crippen LogP contribution in [0.2, 0.25) is 0 Å². The maximum atomic E-state index is 13.7. The number of aryl methyl sites for hydroxylation is 3. The number of fused-ring (bicyclic) bond motifs is 1. The molecule has 3 rings (SSSR count). The van der Waals surface area contributed by atoms with Gasteiger partial charge in [0.1, 0.15) is 22.7 Å². The minimum atomic E-state index is -0.225. The Labute approximate surface area is 128 Å². The molecule has 0 amide bonds. The minimum absolute atomic E-state index is 0.225. The topological polar surface area (TPSA) is 55.6 Å². The molecular weight excluding hydrogens is 281 g/mol. The third kappa shape index (κ3) is 2.52. The Morgan fingerprint density at radius 1 is 1.18 bits per heavy atom. The molecule has 0 spiro atoms. The minimum Gasteiger partial charge on any atom is -0.364 e. The first-order valence-corrected chi connectivity index (χ1v) is 7.29. The number of benzene rings is 1. The van der Waals surface area contributed by atoms with Crippen LogP contribution in [-0.2, 0) is 13.1 Å². The first-order valence-electron chi connectivity index (χ1n) is 7.29. The molecule has 0 radical (unpaired) electrons. The highest BCUT2D eigenvalue weighted by Gasteiger charge is 2.15. The van der Waals surface area contributed by atoms with Gasteiger partial charge in [0.2, 0.25) is 0 Å². The van der Waals surface area contributed by atoms with Gasteiger partial charge in [-0.3, -0.25) is 4.68 Å². The standard InChI is InChI=1S/C16H18FN5/c1-4-22-15-14(10(2)21-22)19-11(3)20-16(15)18-9-12-7-5-6-8-13(12)17/h5-8H,4,9H2,1-3H3,(H,18,19,20). The van der Waals surface area contributed by atoms with Crippen molar-refractivity contribution < 1.29 is 4.39 Å². The molecule has 0 bridgehead atoms. The van der Waals surface area contributed by atoms with Crippen molar-refractivity contribution in [2.45, 2.75) is 33.9 Å². The first-order chi connectivity index (χ1) is 10.6. The summed E-state index contributed by atoms with van der Waals surface area (Å²) in [4.78, 5) is 8.93. The van der Waals surface area contributed by atoms with Gasteiger partial charge in [-0.2, -0.15) is 5.10 Å². The summed E-state index contributed by atoms with van der Waals surface area (Å²) >= 11 is 0. The van der Waals surface area contributed by atoms with Crippen molar-refractivity contribution in [1.82, 2.24) is 19.7 Å².